The Morgan fingerprint density at radius 3 is 2.70 bits per heavy atom. The number of carboxylic acid groups (broad SMARTS) is 1. The van der Waals surface area contributed by atoms with Gasteiger partial charge >= 0.3 is 5.97 Å². The molecule has 1 unspecified atom stereocenters. The van der Waals surface area contributed by atoms with Crippen molar-refractivity contribution in [3.63, 3.8) is 0 Å². The summed E-state index contributed by atoms with van der Waals surface area (Å²) >= 11 is 1.33. The van der Waals surface area contributed by atoms with E-state index >= 15 is 0 Å². The molecule has 0 radical (unpaired) electrons. The summed E-state index contributed by atoms with van der Waals surface area (Å²) in [5.41, 5.74) is 3.58. The van der Waals surface area contributed by atoms with Crippen LogP contribution >= 0.6 is 11.3 Å². The summed E-state index contributed by atoms with van der Waals surface area (Å²) in [5.74, 6) is 12.5. The molecule has 3 heterocycles. The minimum absolute atomic E-state index is 0.331. The number of hydrazine groups is 1. The first-order valence-corrected chi connectivity index (χ1v) is 12.1. The Bertz CT molecular complexity index is 840. The molecule has 0 spiro atoms. The van der Waals surface area contributed by atoms with Crippen LogP contribution in [0.15, 0.2) is 11.6 Å². The minimum Gasteiger partial charge on any atom is -0.477 e. The van der Waals surface area contributed by atoms with Crippen LogP contribution in [0.2, 0.25) is 0 Å². The van der Waals surface area contributed by atoms with Crippen LogP contribution in [0.3, 0.4) is 0 Å². The molecule has 1 fully saturated rings. The second-order valence-electron chi connectivity index (χ2n) is 8.55. The van der Waals surface area contributed by atoms with Crippen LogP contribution in [0.1, 0.15) is 73.0 Å². The summed E-state index contributed by atoms with van der Waals surface area (Å²) in [7, 11) is 0. The van der Waals surface area contributed by atoms with Crippen LogP contribution in [0.25, 0.3) is 5.57 Å². The van der Waals surface area contributed by atoms with Gasteiger partial charge in [-0.25, -0.2) is 9.80 Å². The highest BCUT2D eigenvalue weighted by Crippen LogP contribution is 2.39. The maximum absolute atomic E-state index is 12.1. The van der Waals surface area contributed by atoms with Gasteiger partial charge in [0.2, 0.25) is 0 Å². The first kappa shape index (κ1) is 23.0. The molecule has 1 atom stereocenters. The average Bonchev–Trinajstić information content (AvgIpc) is 3.17. The van der Waals surface area contributed by atoms with Crippen molar-refractivity contribution < 1.29 is 9.90 Å². The molecule has 5 nitrogen and oxygen atoms in total. The number of rotatable bonds is 6. The van der Waals surface area contributed by atoms with Crippen molar-refractivity contribution in [1.29, 1.82) is 0 Å². The van der Waals surface area contributed by atoms with Crippen molar-refractivity contribution in [2.24, 2.45) is 17.7 Å². The largest absolute Gasteiger partial charge is 0.477 e. The number of hydrogen-bond acceptors (Lipinski definition) is 5. The molecule has 0 aliphatic carbocycles. The summed E-state index contributed by atoms with van der Waals surface area (Å²) in [6, 6.07) is 2.04. The van der Waals surface area contributed by atoms with Gasteiger partial charge in [0.05, 0.1) is 4.88 Å². The number of carbonyl (C=O) groups is 1. The lowest BCUT2D eigenvalue weighted by molar-refractivity contribution is 0.0702. The van der Waals surface area contributed by atoms with Crippen LogP contribution in [0, 0.1) is 23.7 Å². The third-order valence-corrected chi connectivity index (χ3v) is 7.38. The predicted molar refractivity (Wildman–Crippen MR) is 124 cm³/mol. The minimum atomic E-state index is -0.841. The lowest BCUT2D eigenvalue weighted by atomic mass is 9.81. The van der Waals surface area contributed by atoms with Crippen molar-refractivity contribution in [2.45, 2.75) is 52.9 Å². The summed E-state index contributed by atoms with van der Waals surface area (Å²) in [6.45, 7) is 11.2. The maximum Gasteiger partial charge on any atom is 0.346 e. The van der Waals surface area contributed by atoms with Gasteiger partial charge in [0.15, 0.2) is 0 Å². The zero-order chi connectivity index (χ0) is 21.7. The maximum atomic E-state index is 12.1. The second kappa shape index (κ2) is 10.6. The summed E-state index contributed by atoms with van der Waals surface area (Å²) < 4.78 is 0. The average molecular weight is 430 g/mol. The fourth-order valence-electron chi connectivity index (χ4n) is 4.58. The number of nitrogens with zero attached hydrogens (tertiary/aromatic N) is 2. The molecule has 1 saturated heterocycles. The number of aromatic carboxylic acids is 1. The number of piperidine rings is 1. The molecule has 1 aromatic heterocycles. The molecule has 2 aliphatic rings. The van der Waals surface area contributed by atoms with E-state index < -0.39 is 5.97 Å². The zero-order valence-corrected chi connectivity index (χ0v) is 19.4. The van der Waals surface area contributed by atoms with Crippen molar-refractivity contribution in [3.05, 3.63) is 27.0 Å². The van der Waals surface area contributed by atoms with Crippen LogP contribution < -0.4 is 5.84 Å². The quantitative estimate of drug-likeness (QED) is 0.521. The summed E-state index contributed by atoms with van der Waals surface area (Å²) in [4.78, 5) is 15.8. The topological polar surface area (TPSA) is 69.8 Å². The van der Waals surface area contributed by atoms with Crippen LogP contribution in [0.5, 0.6) is 0 Å². The molecule has 2 aliphatic heterocycles. The molecule has 3 rings (SSSR count). The molecular formula is C24H35N3O2S. The van der Waals surface area contributed by atoms with Gasteiger partial charge in [0.1, 0.15) is 4.88 Å². The van der Waals surface area contributed by atoms with Gasteiger partial charge in [0.25, 0.3) is 0 Å². The van der Waals surface area contributed by atoms with Crippen LogP contribution in [0.4, 0.5) is 0 Å². The number of nitrogens with two attached hydrogens (primary N) is 1. The number of carboxylic acids is 1. The molecule has 164 valence electrons. The van der Waals surface area contributed by atoms with E-state index in [0.29, 0.717) is 16.7 Å². The van der Waals surface area contributed by atoms with Gasteiger partial charge in [-0.05, 0) is 55.4 Å². The molecule has 0 aromatic carbocycles. The molecule has 30 heavy (non-hydrogen) atoms. The Hall–Kier alpha value is -1.65. The molecule has 6 heteroatoms. The van der Waals surface area contributed by atoms with Gasteiger partial charge in [0, 0.05) is 37.7 Å². The third-order valence-electron chi connectivity index (χ3n) is 6.34. The highest BCUT2D eigenvalue weighted by atomic mass is 32.1. The van der Waals surface area contributed by atoms with Crippen molar-refractivity contribution in [1.82, 2.24) is 9.91 Å². The smallest absolute Gasteiger partial charge is 0.346 e. The molecule has 0 saturated carbocycles. The molecule has 0 bridgehead atoms. The number of thiophene rings is 1. The molecular weight excluding hydrogens is 394 g/mol. The van der Waals surface area contributed by atoms with E-state index in [4.69, 9.17) is 5.84 Å². The Labute approximate surface area is 184 Å². The Balaban J connectivity index is 1.99. The van der Waals surface area contributed by atoms with Gasteiger partial charge < -0.3 is 5.11 Å². The Morgan fingerprint density at radius 2 is 2.07 bits per heavy atom. The summed E-state index contributed by atoms with van der Waals surface area (Å²) in [6.07, 6.45) is 5.17. The van der Waals surface area contributed by atoms with Crippen LogP contribution in [-0.2, 0) is 0 Å². The van der Waals surface area contributed by atoms with E-state index in [0.717, 1.165) is 75.3 Å². The van der Waals surface area contributed by atoms with Crippen molar-refractivity contribution >= 4 is 22.9 Å². The summed E-state index contributed by atoms with van der Waals surface area (Å²) in [5, 5.41) is 11.8. The molecule has 1 aromatic rings. The van der Waals surface area contributed by atoms with E-state index in [1.807, 2.05) is 11.1 Å². The fraction of sp³-hybridized carbons (Fsp3) is 0.625. The fourth-order valence-corrected chi connectivity index (χ4v) is 5.47. The zero-order valence-electron chi connectivity index (χ0n) is 18.5. The SMILES string of the molecule is CCCC(C)C#Cc1cc(C2=C(C3CCN(N)CC3)CN(CC)CC2)c(C(=O)O)s1. The first-order chi connectivity index (χ1) is 14.4. The normalized spacial score (nSPS) is 20.1. The van der Waals surface area contributed by atoms with E-state index in [1.165, 1.54) is 22.5 Å². The lowest BCUT2D eigenvalue weighted by Gasteiger charge is -2.37. The van der Waals surface area contributed by atoms with Crippen molar-refractivity contribution in [2.75, 3.05) is 32.7 Å². The lowest BCUT2D eigenvalue weighted by Crippen LogP contribution is -2.41. The third kappa shape index (κ3) is 5.53. The second-order valence-corrected chi connectivity index (χ2v) is 9.60. The monoisotopic (exact) mass is 429 g/mol. The van der Waals surface area contributed by atoms with Gasteiger partial charge in [-0.3, -0.25) is 10.7 Å². The van der Waals surface area contributed by atoms with Gasteiger partial charge in [-0.15, -0.1) is 11.3 Å². The Morgan fingerprint density at radius 1 is 1.33 bits per heavy atom. The standard InChI is InChI=1S/C24H35N3O2S/c1-4-6-17(3)7-8-19-15-21(23(30-19)24(28)29)20-11-12-26(5-2)16-22(20)18-9-13-27(25)14-10-18/h15,17-18H,4-6,9-14,16,25H2,1-3H3,(H,28,29). The van der Waals surface area contributed by atoms with Crippen molar-refractivity contribution in [3.8, 4) is 11.8 Å². The van der Waals surface area contributed by atoms with Gasteiger partial charge in [-0.2, -0.15) is 0 Å². The Kier molecular flexibility index (Phi) is 8.13. The van der Waals surface area contributed by atoms with E-state index in [1.54, 1.807) is 0 Å². The predicted octanol–water partition coefficient (Wildman–Crippen LogP) is 4.30. The van der Waals surface area contributed by atoms with E-state index in [-0.39, 0.29) is 0 Å². The number of likely N-dealkylation sites (N-methyl/N-ethyl adjacent to an activating group) is 1. The van der Waals surface area contributed by atoms with Gasteiger partial charge in [-0.1, -0.05) is 39.0 Å². The molecule has 0 amide bonds. The van der Waals surface area contributed by atoms with E-state index in [9.17, 15) is 9.90 Å². The molecule has 3 N–H and O–H groups in total. The highest BCUT2D eigenvalue weighted by Gasteiger charge is 2.30. The van der Waals surface area contributed by atoms with E-state index in [2.05, 4.69) is 37.5 Å². The van der Waals surface area contributed by atoms with Crippen LogP contribution in [-0.4, -0.2) is 53.7 Å². The first-order valence-electron chi connectivity index (χ1n) is 11.3. The number of hydrogen-bond donors (Lipinski definition) is 2. The highest BCUT2D eigenvalue weighted by molar-refractivity contribution is 7.14.